The Kier molecular flexibility index (Phi) is 6.46. The van der Waals surface area contributed by atoms with Crippen LogP contribution in [0.25, 0.3) is 0 Å². The highest BCUT2D eigenvalue weighted by Crippen LogP contribution is 2.35. The van der Waals surface area contributed by atoms with Crippen molar-refractivity contribution >= 4 is 29.3 Å². The smallest absolute Gasteiger partial charge is 0.317 e. The molecule has 146 valence electrons. The fraction of sp³-hybridized carbons (Fsp3) is 0.333. The summed E-state index contributed by atoms with van der Waals surface area (Å²) in [5.74, 6) is -1.92. The maximum atomic E-state index is 12.4. The third-order valence-corrected chi connectivity index (χ3v) is 5.26. The molecule has 0 amide bonds. The summed E-state index contributed by atoms with van der Waals surface area (Å²) in [6.45, 7) is 1.85. The van der Waals surface area contributed by atoms with Crippen LogP contribution in [0.1, 0.15) is 31.4 Å². The lowest BCUT2D eigenvalue weighted by molar-refractivity contribution is -0.154. The van der Waals surface area contributed by atoms with Crippen LogP contribution in [-0.4, -0.2) is 35.4 Å². The van der Waals surface area contributed by atoms with Crippen LogP contribution in [0.15, 0.2) is 47.4 Å². The minimum atomic E-state index is -1.01. The molecule has 1 aliphatic rings. The quantitative estimate of drug-likeness (QED) is 0.415. The third kappa shape index (κ3) is 4.59. The highest BCUT2D eigenvalue weighted by atomic mass is 32.2. The van der Waals surface area contributed by atoms with Gasteiger partial charge in [0.15, 0.2) is 5.78 Å². The molecule has 1 fully saturated rings. The van der Waals surface area contributed by atoms with Gasteiger partial charge in [0.25, 0.3) is 0 Å². The van der Waals surface area contributed by atoms with E-state index in [2.05, 4.69) is 4.98 Å². The van der Waals surface area contributed by atoms with E-state index in [1.54, 1.807) is 36.9 Å². The number of carbonyl (C=O) groups is 3. The second-order valence-electron chi connectivity index (χ2n) is 6.40. The van der Waals surface area contributed by atoms with Gasteiger partial charge in [-0.1, -0.05) is 6.07 Å². The van der Waals surface area contributed by atoms with Gasteiger partial charge in [0.1, 0.15) is 17.5 Å². The van der Waals surface area contributed by atoms with Crippen LogP contribution < -0.4 is 4.74 Å². The Morgan fingerprint density at radius 1 is 1.18 bits per heavy atom. The predicted molar refractivity (Wildman–Crippen MR) is 105 cm³/mol. The van der Waals surface area contributed by atoms with Crippen LogP contribution >= 0.6 is 11.8 Å². The van der Waals surface area contributed by atoms with Crippen LogP contribution in [0.2, 0.25) is 0 Å². The monoisotopic (exact) mass is 399 g/mol. The molecule has 0 radical (unpaired) electrons. The molecule has 7 heteroatoms. The SMILES string of the molecule is CCOC(=O)C1C(=O)CC(=O)CC1c1cccc(Oc2ccc(SC)cc2)n1. The number of carbonyl (C=O) groups excluding carboxylic acids is 3. The number of ether oxygens (including phenoxy) is 2. The van der Waals surface area contributed by atoms with Gasteiger partial charge in [0.05, 0.1) is 13.0 Å². The average molecular weight is 399 g/mol. The summed E-state index contributed by atoms with van der Waals surface area (Å²) in [6.07, 6.45) is 1.83. The molecule has 2 aromatic rings. The summed E-state index contributed by atoms with van der Waals surface area (Å²) < 4.78 is 10.9. The number of ketones is 2. The summed E-state index contributed by atoms with van der Waals surface area (Å²) >= 11 is 1.63. The van der Waals surface area contributed by atoms with Crippen molar-refractivity contribution in [2.75, 3.05) is 12.9 Å². The number of hydrogen-bond donors (Lipinski definition) is 0. The molecular weight excluding hydrogens is 378 g/mol. The minimum absolute atomic E-state index is 0.0775. The first kappa shape index (κ1) is 20.1. The number of thioether (sulfide) groups is 1. The minimum Gasteiger partial charge on any atom is -0.465 e. The number of benzene rings is 1. The van der Waals surface area contributed by atoms with E-state index in [1.165, 1.54) is 0 Å². The normalized spacial score (nSPS) is 19.4. The van der Waals surface area contributed by atoms with Gasteiger partial charge in [0.2, 0.25) is 5.88 Å². The number of aromatic nitrogens is 1. The van der Waals surface area contributed by atoms with Crippen LogP contribution in [0.5, 0.6) is 11.6 Å². The first-order valence-corrected chi connectivity index (χ1v) is 10.2. The number of nitrogens with zero attached hydrogens (tertiary/aromatic N) is 1. The van der Waals surface area contributed by atoms with E-state index < -0.39 is 23.6 Å². The molecule has 1 aromatic carbocycles. The van der Waals surface area contributed by atoms with Gasteiger partial charge in [-0.15, -0.1) is 11.8 Å². The molecule has 0 spiro atoms. The molecule has 3 rings (SSSR count). The van der Waals surface area contributed by atoms with Gasteiger partial charge in [-0.25, -0.2) is 4.98 Å². The first-order chi connectivity index (χ1) is 13.5. The Balaban J connectivity index is 1.86. The van der Waals surface area contributed by atoms with E-state index in [9.17, 15) is 14.4 Å². The van der Waals surface area contributed by atoms with Gasteiger partial charge < -0.3 is 9.47 Å². The largest absolute Gasteiger partial charge is 0.465 e. The van der Waals surface area contributed by atoms with Crippen molar-refractivity contribution in [2.45, 2.75) is 30.6 Å². The summed E-state index contributed by atoms with van der Waals surface area (Å²) in [5, 5.41) is 0. The number of Topliss-reactive ketones (excluding diaryl/α,β-unsaturated/α-hetero) is 2. The van der Waals surface area contributed by atoms with Crippen molar-refractivity contribution in [3.8, 4) is 11.6 Å². The zero-order valence-corrected chi connectivity index (χ0v) is 16.5. The Hall–Kier alpha value is -2.67. The summed E-state index contributed by atoms with van der Waals surface area (Å²) in [6, 6.07) is 12.7. The second-order valence-corrected chi connectivity index (χ2v) is 7.28. The lowest BCUT2D eigenvalue weighted by Crippen LogP contribution is -2.38. The zero-order valence-electron chi connectivity index (χ0n) is 15.7. The first-order valence-electron chi connectivity index (χ1n) is 9.01. The molecule has 1 aliphatic carbocycles. The van der Waals surface area contributed by atoms with E-state index in [4.69, 9.17) is 9.47 Å². The number of pyridine rings is 1. The lowest BCUT2D eigenvalue weighted by atomic mass is 9.76. The number of hydrogen-bond acceptors (Lipinski definition) is 7. The fourth-order valence-corrected chi connectivity index (χ4v) is 3.63. The molecule has 6 nitrogen and oxygen atoms in total. The van der Waals surface area contributed by atoms with Gasteiger partial charge >= 0.3 is 5.97 Å². The summed E-state index contributed by atoms with van der Waals surface area (Å²) in [7, 11) is 0. The van der Waals surface area contributed by atoms with Gasteiger partial charge in [-0.3, -0.25) is 14.4 Å². The maximum Gasteiger partial charge on any atom is 0.317 e. The van der Waals surface area contributed by atoms with E-state index >= 15 is 0 Å². The molecule has 1 heterocycles. The van der Waals surface area contributed by atoms with E-state index in [0.29, 0.717) is 17.3 Å². The molecule has 0 saturated heterocycles. The van der Waals surface area contributed by atoms with Crippen molar-refractivity contribution in [3.63, 3.8) is 0 Å². The van der Waals surface area contributed by atoms with Crippen molar-refractivity contribution in [1.29, 1.82) is 0 Å². The van der Waals surface area contributed by atoms with Crippen molar-refractivity contribution in [2.24, 2.45) is 5.92 Å². The third-order valence-electron chi connectivity index (χ3n) is 4.52. The fourth-order valence-electron chi connectivity index (χ4n) is 3.23. The lowest BCUT2D eigenvalue weighted by Gasteiger charge is -2.27. The van der Waals surface area contributed by atoms with Gasteiger partial charge in [-0.2, -0.15) is 0 Å². The van der Waals surface area contributed by atoms with Gasteiger partial charge in [0, 0.05) is 29.0 Å². The molecule has 1 saturated carbocycles. The van der Waals surface area contributed by atoms with Crippen LogP contribution in [0, 0.1) is 5.92 Å². The zero-order chi connectivity index (χ0) is 20.1. The highest BCUT2D eigenvalue weighted by molar-refractivity contribution is 7.98. The topological polar surface area (TPSA) is 82.6 Å². The van der Waals surface area contributed by atoms with E-state index in [1.807, 2.05) is 30.5 Å². The van der Waals surface area contributed by atoms with Crippen LogP contribution in [-0.2, 0) is 19.1 Å². The number of rotatable bonds is 6. The average Bonchev–Trinajstić information content (AvgIpc) is 2.68. The molecule has 0 aliphatic heterocycles. The molecule has 0 bridgehead atoms. The van der Waals surface area contributed by atoms with E-state index in [-0.39, 0.29) is 25.2 Å². The Labute approximate surface area is 167 Å². The molecular formula is C21H21NO5S. The van der Waals surface area contributed by atoms with Crippen molar-refractivity contribution < 1.29 is 23.9 Å². The van der Waals surface area contributed by atoms with Crippen LogP contribution in [0.3, 0.4) is 0 Å². The van der Waals surface area contributed by atoms with Crippen LogP contribution in [0.4, 0.5) is 0 Å². The molecule has 28 heavy (non-hydrogen) atoms. The Morgan fingerprint density at radius 3 is 2.61 bits per heavy atom. The summed E-state index contributed by atoms with van der Waals surface area (Å²) in [5.41, 5.74) is 0.470. The van der Waals surface area contributed by atoms with Crippen molar-refractivity contribution in [3.05, 3.63) is 48.2 Å². The maximum absolute atomic E-state index is 12.4. The second kappa shape index (κ2) is 9.01. The predicted octanol–water partition coefficient (Wildman–Crippen LogP) is 3.79. The molecule has 1 aromatic heterocycles. The van der Waals surface area contributed by atoms with Crippen molar-refractivity contribution in [1.82, 2.24) is 4.98 Å². The molecule has 2 unspecified atom stereocenters. The standard InChI is InChI=1S/C21H21NO5S/c1-3-26-21(25)20-16(11-13(23)12-18(20)24)17-5-4-6-19(22-17)27-14-7-9-15(28-2)10-8-14/h4-10,16,20H,3,11-12H2,1-2H3. The highest BCUT2D eigenvalue weighted by Gasteiger charge is 2.43. The van der Waals surface area contributed by atoms with Gasteiger partial charge in [-0.05, 0) is 43.5 Å². The Bertz CT molecular complexity index is 881. The number of esters is 1. The van der Waals surface area contributed by atoms with E-state index in [0.717, 1.165) is 4.90 Å². The molecule has 2 atom stereocenters. The molecule has 0 N–H and O–H groups in total. The summed E-state index contributed by atoms with van der Waals surface area (Å²) in [4.78, 5) is 42.2. The Morgan fingerprint density at radius 2 is 1.93 bits per heavy atom.